The number of carbonyl (C=O) groups is 1. The molecule has 1 atom stereocenters. The van der Waals surface area contributed by atoms with E-state index in [4.69, 9.17) is 10.00 Å². The third-order valence-corrected chi connectivity index (χ3v) is 2.05. The summed E-state index contributed by atoms with van der Waals surface area (Å²) in [6, 6.07) is 2.03. The number of Topliss-reactive ketones (excluding diaryl/α,β-unsaturated/α-hetero) is 1. The molecular formula is C9H15NO2. The van der Waals surface area contributed by atoms with Crippen LogP contribution in [0.15, 0.2) is 0 Å². The number of nitrogens with zero attached hydrogens (tertiary/aromatic N) is 1. The third kappa shape index (κ3) is 3.02. The Morgan fingerprint density at radius 3 is 2.58 bits per heavy atom. The Kier molecular flexibility index (Phi) is 4.53. The molecular weight excluding hydrogens is 154 g/mol. The maximum atomic E-state index is 11.0. The predicted octanol–water partition coefficient (Wildman–Crippen LogP) is 1.53. The highest BCUT2D eigenvalue weighted by atomic mass is 16.5. The van der Waals surface area contributed by atoms with Gasteiger partial charge >= 0.3 is 0 Å². The predicted molar refractivity (Wildman–Crippen MR) is 45.5 cm³/mol. The van der Waals surface area contributed by atoms with Crippen LogP contribution in [0.4, 0.5) is 0 Å². The first-order valence-corrected chi connectivity index (χ1v) is 3.98. The molecule has 0 aromatic heterocycles. The molecule has 0 aromatic rings. The monoisotopic (exact) mass is 169 g/mol. The average Bonchev–Trinajstić information content (AvgIpc) is 2.04. The van der Waals surface area contributed by atoms with E-state index >= 15 is 0 Å². The van der Waals surface area contributed by atoms with Gasteiger partial charge in [-0.3, -0.25) is 4.79 Å². The fraction of sp³-hybridized carbons (Fsp3) is 0.778. The number of carbonyl (C=O) groups excluding carboxylic acids is 1. The minimum atomic E-state index is -0.821. The van der Waals surface area contributed by atoms with E-state index in [2.05, 4.69) is 0 Å². The Hall–Kier alpha value is -0.880. The summed E-state index contributed by atoms with van der Waals surface area (Å²) in [6.45, 7) is 3.73. The highest BCUT2D eigenvalue weighted by Gasteiger charge is 2.28. The molecule has 3 nitrogen and oxygen atoms in total. The van der Waals surface area contributed by atoms with Gasteiger partial charge in [-0.2, -0.15) is 5.26 Å². The van der Waals surface area contributed by atoms with Gasteiger partial charge in [-0.25, -0.2) is 0 Å². The van der Waals surface area contributed by atoms with E-state index in [9.17, 15) is 4.79 Å². The Morgan fingerprint density at radius 1 is 1.67 bits per heavy atom. The first kappa shape index (κ1) is 11.1. The Bertz CT molecular complexity index is 195. The molecule has 0 aliphatic carbocycles. The van der Waals surface area contributed by atoms with E-state index in [0.717, 1.165) is 6.42 Å². The van der Waals surface area contributed by atoms with Crippen LogP contribution >= 0.6 is 0 Å². The quantitative estimate of drug-likeness (QED) is 0.586. The Morgan fingerprint density at radius 2 is 2.25 bits per heavy atom. The summed E-state index contributed by atoms with van der Waals surface area (Å²) in [4.78, 5) is 11.0. The van der Waals surface area contributed by atoms with Crippen molar-refractivity contribution in [1.29, 1.82) is 5.26 Å². The van der Waals surface area contributed by atoms with Gasteiger partial charge in [0.1, 0.15) is 11.2 Å². The van der Waals surface area contributed by atoms with Crippen LogP contribution in [-0.2, 0) is 9.53 Å². The highest BCUT2D eigenvalue weighted by molar-refractivity contribution is 5.84. The lowest BCUT2D eigenvalue weighted by molar-refractivity contribution is -0.123. The van der Waals surface area contributed by atoms with Crippen LogP contribution in [0.25, 0.3) is 0 Å². The topological polar surface area (TPSA) is 50.1 Å². The molecule has 0 aromatic carbocycles. The number of hydrogen-bond donors (Lipinski definition) is 0. The summed E-state index contributed by atoms with van der Waals surface area (Å²) < 4.78 is 4.84. The third-order valence-electron chi connectivity index (χ3n) is 2.05. The zero-order valence-corrected chi connectivity index (χ0v) is 7.89. The summed E-state index contributed by atoms with van der Waals surface area (Å²) in [5.74, 6) is -0.0684. The van der Waals surface area contributed by atoms with Gasteiger partial charge < -0.3 is 4.74 Å². The number of rotatable bonds is 5. The number of ether oxygens (including phenoxy) is 1. The maximum absolute atomic E-state index is 11.0. The van der Waals surface area contributed by atoms with Crippen LogP contribution < -0.4 is 0 Å². The van der Waals surface area contributed by atoms with Gasteiger partial charge in [-0.15, -0.1) is 0 Å². The lowest BCUT2D eigenvalue weighted by Crippen LogP contribution is -2.23. The standard InChI is InChI=1S/C9H15NO2/c1-8(11)9(2,7-10)5-4-6-12-3/h4-6H2,1-3H3. The van der Waals surface area contributed by atoms with Crippen LogP contribution in [-0.4, -0.2) is 19.5 Å². The van der Waals surface area contributed by atoms with E-state index in [1.165, 1.54) is 6.92 Å². The van der Waals surface area contributed by atoms with Gasteiger partial charge in [-0.1, -0.05) is 0 Å². The van der Waals surface area contributed by atoms with Crippen molar-refractivity contribution < 1.29 is 9.53 Å². The molecule has 0 aliphatic rings. The first-order chi connectivity index (χ1) is 5.56. The van der Waals surface area contributed by atoms with Crippen LogP contribution in [0.1, 0.15) is 26.7 Å². The zero-order valence-electron chi connectivity index (χ0n) is 7.89. The van der Waals surface area contributed by atoms with Crippen LogP contribution in [0.3, 0.4) is 0 Å². The van der Waals surface area contributed by atoms with Crippen molar-refractivity contribution in [2.45, 2.75) is 26.7 Å². The second-order valence-electron chi connectivity index (χ2n) is 3.10. The second-order valence-corrected chi connectivity index (χ2v) is 3.10. The summed E-state index contributed by atoms with van der Waals surface area (Å²) in [6.07, 6.45) is 1.33. The molecule has 0 rings (SSSR count). The average molecular weight is 169 g/mol. The van der Waals surface area contributed by atoms with E-state index in [1.54, 1.807) is 14.0 Å². The fourth-order valence-electron chi connectivity index (χ4n) is 0.881. The lowest BCUT2D eigenvalue weighted by atomic mass is 9.83. The molecule has 68 valence electrons. The SMILES string of the molecule is COCCCC(C)(C#N)C(C)=O. The number of nitriles is 1. The molecule has 0 fully saturated rings. The van der Waals surface area contributed by atoms with E-state index < -0.39 is 5.41 Å². The van der Waals surface area contributed by atoms with Crippen molar-refractivity contribution in [3.05, 3.63) is 0 Å². The van der Waals surface area contributed by atoms with Crippen LogP contribution in [0.5, 0.6) is 0 Å². The van der Waals surface area contributed by atoms with E-state index in [1.807, 2.05) is 6.07 Å². The van der Waals surface area contributed by atoms with Crippen molar-refractivity contribution >= 4 is 5.78 Å². The first-order valence-electron chi connectivity index (χ1n) is 3.98. The van der Waals surface area contributed by atoms with E-state index in [0.29, 0.717) is 13.0 Å². The Balaban J connectivity index is 4.00. The van der Waals surface area contributed by atoms with Gasteiger partial charge in [0, 0.05) is 13.7 Å². The summed E-state index contributed by atoms with van der Waals surface area (Å²) in [7, 11) is 1.61. The normalized spacial score (nSPS) is 14.8. The molecule has 0 amide bonds. The lowest BCUT2D eigenvalue weighted by Gasteiger charge is -2.16. The van der Waals surface area contributed by atoms with Crippen molar-refractivity contribution in [2.24, 2.45) is 5.41 Å². The number of hydrogen-bond acceptors (Lipinski definition) is 3. The summed E-state index contributed by atoms with van der Waals surface area (Å²) in [5.41, 5.74) is -0.821. The van der Waals surface area contributed by atoms with Crippen LogP contribution in [0.2, 0.25) is 0 Å². The van der Waals surface area contributed by atoms with Crippen molar-refractivity contribution in [2.75, 3.05) is 13.7 Å². The van der Waals surface area contributed by atoms with Gasteiger partial charge in [0.15, 0.2) is 0 Å². The molecule has 0 N–H and O–H groups in total. The van der Waals surface area contributed by atoms with Gasteiger partial charge in [0.2, 0.25) is 0 Å². The second kappa shape index (κ2) is 4.89. The number of ketones is 1. The highest BCUT2D eigenvalue weighted by Crippen LogP contribution is 2.22. The zero-order chi connectivity index (χ0) is 9.61. The van der Waals surface area contributed by atoms with Crippen molar-refractivity contribution in [1.82, 2.24) is 0 Å². The molecule has 12 heavy (non-hydrogen) atoms. The largest absolute Gasteiger partial charge is 0.385 e. The molecule has 0 saturated heterocycles. The van der Waals surface area contributed by atoms with Gasteiger partial charge in [0.25, 0.3) is 0 Å². The fourth-order valence-corrected chi connectivity index (χ4v) is 0.881. The molecule has 1 unspecified atom stereocenters. The van der Waals surface area contributed by atoms with Crippen molar-refractivity contribution in [3.63, 3.8) is 0 Å². The molecule has 0 bridgehead atoms. The minimum Gasteiger partial charge on any atom is -0.385 e. The van der Waals surface area contributed by atoms with E-state index in [-0.39, 0.29) is 5.78 Å². The Labute approximate surface area is 73.3 Å². The van der Waals surface area contributed by atoms with Gasteiger partial charge in [-0.05, 0) is 26.7 Å². The van der Waals surface area contributed by atoms with Crippen LogP contribution in [0, 0.1) is 16.7 Å². The number of methoxy groups -OCH3 is 1. The maximum Gasteiger partial charge on any atom is 0.149 e. The molecule has 0 aliphatic heterocycles. The molecule has 0 radical (unpaired) electrons. The molecule has 0 saturated carbocycles. The van der Waals surface area contributed by atoms with Gasteiger partial charge in [0.05, 0.1) is 6.07 Å². The summed E-state index contributed by atoms with van der Waals surface area (Å²) in [5, 5.41) is 8.74. The molecule has 0 spiro atoms. The smallest absolute Gasteiger partial charge is 0.149 e. The molecule has 0 heterocycles. The van der Waals surface area contributed by atoms with Crippen molar-refractivity contribution in [3.8, 4) is 6.07 Å². The molecule has 3 heteroatoms. The minimum absolute atomic E-state index is 0.0684. The summed E-state index contributed by atoms with van der Waals surface area (Å²) >= 11 is 0.